The zero-order valence-corrected chi connectivity index (χ0v) is 12.0. The third kappa shape index (κ3) is 6.83. The van der Waals surface area contributed by atoms with Crippen LogP contribution in [-0.4, -0.2) is 74.5 Å². The van der Waals surface area contributed by atoms with E-state index >= 15 is 0 Å². The van der Waals surface area contributed by atoms with Crippen molar-refractivity contribution in [2.45, 2.75) is 25.4 Å². The van der Waals surface area contributed by atoms with Crippen molar-refractivity contribution in [3.63, 3.8) is 0 Å². The third-order valence-electron chi connectivity index (χ3n) is 3.20. The number of carboxylic acids is 1. The summed E-state index contributed by atoms with van der Waals surface area (Å²) in [4.78, 5) is 24.0. The summed E-state index contributed by atoms with van der Waals surface area (Å²) >= 11 is 0. The van der Waals surface area contributed by atoms with Gasteiger partial charge < -0.3 is 24.8 Å². The lowest BCUT2D eigenvalue weighted by molar-refractivity contribution is -0.145. The number of hydrogen-bond donors (Lipinski definition) is 2. The first-order valence-corrected chi connectivity index (χ1v) is 6.94. The molecule has 0 unspecified atom stereocenters. The van der Waals surface area contributed by atoms with Crippen molar-refractivity contribution < 1.29 is 24.2 Å². The monoisotopic (exact) mass is 288 g/mol. The molecule has 0 aliphatic carbocycles. The first-order chi connectivity index (χ1) is 9.63. The maximum absolute atomic E-state index is 11.9. The summed E-state index contributed by atoms with van der Waals surface area (Å²) in [6, 6.07) is 0. The van der Waals surface area contributed by atoms with Crippen molar-refractivity contribution in [3.05, 3.63) is 0 Å². The molecule has 7 nitrogen and oxygen atoms in total. The summed E-state index contributed by atoms with van der Waals surface area (Å²) in [5, 5.41) is 12.0. The largest absolute Gasteiger partial charge is 0.480 e. The second kappa shape index (κ2) is 9.68. The summed E-state index contributed by atoms with van der Waals surface area (Å²) in [6.45, 7) is 2.54. The van der Waals surface area contributed by atoms with Gasteiger partial charge in [-0.25, -0.2) is 0 Å². The molecule has 0 bridgehead atoms. The summed E-state index contributed by atoms with van der Waals surface area (Å²) in [7, 11) is 1.52. The smallest absolute Gasteiger partial charge is 0.323 e. The van der Waals surface area contributed by atoms with Crippen LogP contribution in [0.3, 0.4) is 0 Å². The highest BCUT2D eigenvalue weighted by Crippen LogP contribution is 2.08. The van der Waals surface area contributed by atoms with Gasteiger partial charge in [0, 0.05) is 13.7 Å². The molecular formula is C13H24N2O5. The number of ether oxygens (including phenoxy) is 2. The van der Waals surface area contributed by atoms with E-state index in [2.05, 4.69) is 5.32 Å². The standard InChI is InChI=1S/C13H24N2O5/c1-19-9-7-15(10-13(17)18)12(16)4-8-20-11-2-5-14-6-3-11/h11,14H,2-10H2,1H3,(H,17,18). The maximum Gasteiger partial charge on any atom is 0.323 e. The Morgan fingerprint density at radius 2 is 2.00 bits per heavy atom. The topological polar surface area (TPSA) is 88.1 Å². The Bertz CT molecular complexity index is 305. The van der Waals surface area contributed by atoms with E-state index in [1.807, 2.05) is 0 Å². The number of rotatable bonds is 9. The molecule has 7 heteroatoms. The van der Waals surface area contributed by atoms with Crippen molar-refractivity contribution in [1.29, 1.82) is 0 Å². The number of nitrogens with zero attached hydrogens (tertiary/aromatic N) is 1. The molecule has 1 saturated heterocycles. The molecule has 0 aromatic heterocycles. The number of carbonyl (C=O) groups is 2. The summed E-state index contributed by atoms with van der Waals surface area (Å²) in [5.74, 6) is -1.23. The Hall–Kier alpha value is -1.18. The SMILES string of the molecule is COCCN(CC(=O)O)C(=O)CCOC1CCNCC1. The van der Waals surface area contributed by atoms with Crippen molar-refractivity contribution in [3.8, 4) is 0 Å². The first kappa shape index (κ1) is 16.9. The zero-order chi connectivity index (χ0) is 14.8. The van der Waals surface area contributed by atoms with Gasteiger partial charge in [-0.2, -0.15) is 0 Å². The Kier molecular flexibility index (Phi) is 8.17. The molecule has 1 heterocycles. The molecule has 0 saturated carbocycles. The van der Waals surface area contributed by atoms with Crippen LogP contribution in [0.25, 0.3) is 0 Å². The number of piperidine rings is 1. The molecule has 116 valence electrons. The van der Waals surface area contributed by atoms with Gasteiger partial charge in [0.05, 0.1) is 25.7 Å². The lowest BCUT2D eigenvalue weighted by atomic mass is 10.1. The number of nitrogens with one attached hydrogen (secondary N) is 1. The quantitative estimate of drug-likeness (QED) is 0.606. The van der Waals surface area contributed by atoms with Crippen LogP contribution in [0.1, 0.15) is 19.3 Å². The van der Waals surface area contributed by atoms with Gasteiger partial charge in [0.1, 0.15) is 6.54 Å². The predicted molar refractivity (Wildman–Crippen MR) is 72.6 cm³/mol. The minimum atomic E-state index is -1.02. The van der Waals surface area contributed by atoms with E-state index in [9.17, 15) is 9.59 Å². The lowest BCUT2D eigenvalue weighted by Crippen LogP contribution is -2.39. The number of aliphatic carboxylic acids is 1. The molecule has 0 radical (unpaired) electrons. The molecule has 0 atom stereocenters. The zero-order valence-electron chi connectivity index (χ0n) is 12.0. The number of carbonyl (C=O) groups excluding carboxylic acids is 1. The molecule has 1 aliphatic rings. The van der Waals surface area contributed by atoms with Gasteiger partial charge in [0.2, 0.25) is 5.91 Å². The van der Waals surface area contributed by atoms with Gasteiger partial charge in [-0.1, -0.05) is 0 Å². The Morgan fingerprint density at radius 3 is 2.60 bits per heavy atom. The molecule has 20 heavy (non-hydrogen) atoms. The predicted octanol–water partition coefficient (Wildman–Crippen LogP) is -0.295. The summed E-state index contributed by atoms with van der Waals surface area (Å²) < 4.78 is 10.5. The average Bonchev–Trinajstić information content (AvgIpc) is 2.44. The molecular weight excluding hydrogens is 264 g/mol. The van der Waals surface area contributed by atoms with Crippen molar-refractivity contribution in [2.24, 2.45) is 0 Å². The minimum Gasteiger partial charge on any atom is -0.480 e. The van der Waals surface area contributed by atoms with Crippen LogP contribution < -0.4 is 5.32 Å². The molecule has 1 fully saturated rings. The van der Waals surface area contributed by atoms with Crippen LogP contribution >= 0.6 is 0 Å². The third-order valence-corrected chi connectivity index (χ3v) is 3.20. The van der Waals surface area contributed by atoms with Crippen molar-refractivity contribution >= 4 is 11.9 Å². The van der Waals surface area contributed by atoms with Crippen LogP contribution in [-0.2, 0) is 19.1 Å². The number of amides is 1. The lowest BCUT2D eigenvalue weighted by Gasteiger charge is -2.24. The summed E-state index contributed by atoms with van der Waals surface area (Å²) in [6.07, 6.45) is 2.32. The molecule has 1 aliphatic heterocycles. The molecule has 2 N–H and O–H groups in total. The molecule has 0 aromatic rings. The van der Waals surface area contributed by atoms with Gasteiger partial charge in [0.15, 0.2) is 0 Å². The van der Waals surface area contributed by atoms with Crippen molar-refractivity contribution in [2.75, 3.05) is 46.5 Å². The number of carboxylic acid groups (broad SMARTS) is 1. The number of methoxy groups -OCH3 is 1. The second-order valence-electron chi connectivity index (χ2n) is 4.77. The maximum atomic E-state index is 11.9. The van der Waals surface area contributed by atoms with E-state index in [1.54, 1.807) is 0 Å². The van der Waals surface area contributed by atoms with E-state index in [1.165, 1.54) is 12.0 Å². The molecule has 0 spiro atoms. The van der Waals surface area contributed by atoms with Crippen LogP contribution in [0.5, 0.6) is 0 Å². The van der Waals surface area contributed by atoms with Gasteiger partial charge >= 0.3 is 5.97 Å². The van der Waals surface area contributed by atoms with Crippen molar-refractivity contribution in [1.82, 2.24) is 10.2 Å². The van der Waals surface area contributed by atoms with Crippen LogP contribution in [0.2, 0.25) is 0 Å². The highest BCUT2D eigenvalue weighted by Gasteiger charge is 2.18. The molecule has 1 amide bonds. The van der Waals surface area contributed by atoms with Gasteiger partial charge in [-0.3, -0.25) is 9.59 Å². The average molecular weight is 288 g/mol. The molecule has 1 rings (SSSR count). The van der Waals surface area contributed by atoms with Crippen LogP contribution in [0.15, 0.2) is 0 Å². The van der Waals surface area contributed by atoms with E-state index in [0.29, 0.717) is 13.2 Å². The van der Waals surface area contributed by atoms with Gasteiger partial charge in [-0.05, 0) is 25.9 Å². The van der Waals surface area contributed by atoms with Crippen LogP contribution in [0, 0.1) is 0 Å². The fourth-order valence-electron chi connectivity index (χ4n) is 2.09. The fraction of sp³-hybridized carbons (Fsp3) is 0.846. The van der Waals surface area contributed by atoms with E-state index in [-0.39, 0.29) is 31.5 Å². The minimum absolute atomic E-state index is 0.205. The first-order valence-electron chi connectivity index (χ1n) is 6.94. The van der Waals surface area contributed by atoms with Crippen LogP contribution in [0.4, 0.5) is 0 Å². The van der Waals surface area contributed by atoms with Gasteiger partial charge in [-0.15, -0.1) is 0 Å². The Labute approximate surface area is 119 Å². The fourth-order valence-corrected chi connectivity index (χ4v) is 2.09. The van der Waals surface area contributed by atoms with E-state index in [0.717, 1.165) is 25.9 Å². The van der Waals surface area contributed by atoms with E-state index in [4.69, 9.17) is 14.6 Å². The highest BCUT2D eigenvalue weighted by molar-refractivity contribution is 5.81. The summed E-state index contributed by atoms with van der Waals surface area (Å²) in [5.41, 5.74) is 0. The molecule has 0 aromatic carbocycles. The normalized spacial score (nSPS) is 16.1. The van der Waals surface area contributed by atoms with Gasteiger partial charge in [0.25, 0.3) is 0 Å². The number of hydrogen-bond acceptors (Lipinski definition) is 5. The Balaban J connectivity index is 2.26. The highest BCUT2D eigenvalue weighted by atomic mass is 16.5. The Morgan fingerprint density at radius 1 is 1.30 bits per heavy atom. The van der Waals surface area contributed by atoms with E-state index < -0.39 is 5.97 Å². The second-order valence-corrected chi connectivity index (χ2v) is 4.77.